The molecule has 0 N–H and O–H groups in total. The van der Waals surface area contributed by atoms with Crippen molar-refractivity contribution >= 4 is 28.7 Å². The molecule has 0 spiro atoms. The highest BCUT2D eigenvalue weighted by Crippen LogP contribution is 2.28. The van der Waals surface area contributed by atoms with Gasteiger partial charge in [-0.2, -0.15) is 0 Å². The number of nitrogens with zero attached hydrogens (tertiary/aromatic N) is 1. The van der Waals surface area contributed by atoms with Crippen LogP contribution in [0.2, 0.25) is 0 Å². The van der Waals surface area contributed by atoms with Crippen LogP contribution in [0.5, 0.6) is 0 Å². The third-order valence-corrected chi connectivity index (χ3v) is 3.70. The maximum Gasteiger partial charge on any atom is 0.418 e. The smallest absolute Gasteiger partial charge is 0.418 e. The Balaban J connectivity index is 2.64. The second-order valence-corrected chi connectivity index (χ2v) is 4.82. The normalized spacial score (nSPS) is 10.3. The van der Waals surface area contributed by atoms with Gasteiger partial charge in [0.05, 0.1) is 12.8 Å². The molecule has 0 saturated carbocycles. The fraction of sp³-hybridized carbons (Fsp3) is 0.154. The lowest BCUT2D eigenvalue weighted by molar-refractivity contribution is 0.173. The van der Waals surface area contributed by atoms with Gasteiger partial charge in [-0.25, -0.2) is 4.79 Å². The van der Waals surface area contributed by atoms with Crippen molar-refractivity contribution < 1.29 is 9.53 Å². The van der Waals surface area contributed by atoms with Crippen LogP contribution in [0, 0.1) is 10.5 Å². The van der Waals surface area contributed by atoms with Crippen molar-refractivity contribution in [1.29, 1.82) is 0 Å². The molecule has 1 aromatic heterocycles. The summed E-state index contributed by atoms with van der Waals surface area (Å²) in [5, 5.41) is 0. The van der Waals surface area contributed by atoms with E-state index in [0.29, 0.717) is 0 Å². The second-order valence-electron chi connectivity index (χ2n) is 3.66. The molecule has 0 saturated heterocycles. The number of hydrogen-bond acceptors (Lipinski definition) is 2. The lowest BCUT2D eigenvalue weighted by Crippen LogP contribution is -2.11. The molecule has 0 bridgehead atoms. The number of benzene rings is 1. The van der Waals surface area contributed by atoms with E-state index in [4.69, 9.17) is 4.74 Å². The van der Waals surface area contributed by atoms with E-state index in [9.17, 15) is 4.79 Å². The number of hydrogen-bond donors (Lipinski definition) is 0. The van der Waals surface area contributed by atoms with Crippen molar-refractivity contribution in [3.05, 3.63) is 45.7 Å². The van der Waals surface area contributed by atoms with Crippen LogP contribution in [0.1, 0.15) is 5.56 Å². The average molecular weight is 341 g/mol. The highest BCUT2D eigenvalue weighted by Gasteiger charge is 2.17. The molecule has 0 atom stereocenters. The number of carbonyl (C=O) groups excluding carboxylic acids is 1. The van der Waals surface area contributed by atoms with E-state index < -0.39 is 0 Å². The Labute approximate surface area is 114 Å². The fourth-order valence-electron chi connectivity index (χ4n) is 1.76. The Morgan fingerprint density at radius 3 is 2.53 bits per heavy atom. The Hall–Kier alpha value is -1.30. The topological polar surface area (TPSA) is 31.2 Å². The van der Waals surface area contributed by atoms with Gasteiger partial charge in [0, 0.05) is 9.77 Å². The highest BCUT2D eigenvalue weighted by molar-refractivity contribution is 14.1. The number of ether oxygens (including phenoxy) is 1. The lowest BCUT2D eigenvalue weighted by atomic mass is 10.1. The first-order chi connectivity index (χ1) is 8.15. The van der Waals surface area contributed by atoms with E-state index in [-0.39, 0.29) is 6.09 Å². The molecular formula is C13H12INO2. The molecule has 4 heteroatoms. The van der Waals surface area contributed by atoms with Crippen molar-refractivity contribution in [3.8, 4) is 11.3 Å². The molecule has 1 aromatic carbocycles. The largest absolute Gasteiger partial charge is 0.452 e. The molecule has 0 aliphatic rings. The first-order valence-electron chi connectivity index (χ1n) is 5.16. The van der Waals surface area contributed by atoms with Crippen LogP contribution >= 0.6 is 22.6 Å². The second kappa shape index (κ2) is 4.91. The molecule has 0 aliphatic carbocycles. The molecule has 0 aliphatic heterocycles. The van der Waals surface area contributed by atoms with Gasteiger partial charge in [-0.05, 0) is 40.6 Å². The lowest BCUT2D eigenvalue weighted by Gasteiger charge is -2.07. The quantitative estimate of drug-likeness (QED) is 0.741. The molecule has 2 aromatic rings. The zero-order valence-corrected chi connectivity index (χ0v) is 11.8. The number of methoxy groups -OCH3 is 1. The number of halogens is 1. The summed E-state index contributed by atoms with van der Waals surface area (Å²) in [5.41, 5.74) is 2.99. The van der Waals surface area contributed by atoms with Crippen LogP contribution in [0.15, 0.2) is 36.5 Å². The summed E-state index contributed by atoms with van der Waals surface area (Å²) in [6.45, 7) is 2.00. The van der Waals surface area contributed by atoms with E-state index in [1.54, 1.807) is 10.8 Å². The third kappa shape index (κ3) is 2.22. The summed E-state index contributed by atoms with van der Waals surface area (Å²) in [5.74, 6) is 0. The van der Waals surface area contributed by atoms with Crippen molar-refractivity contribution in [3.63, 3.8) is 0 Å². The Kier molecular flexibility index (Phi) is 3.51. The zero-order valence-electron chi connectivity index (χ0n) is 9.61. The van der Waals surface area contributed by atoms with E-state index in [0.717, 1.165) is 20.4 Å². The molecule has 0 radical (unpaired) electrons. The molecule has 1 heterocycles. The summed E-state index contributed by atoms with van der Waals surface area (Å²) in [4.78, 5) is 11.7. The Morgan fingerprint density at radius 1 is 1.29 bits per heavy atom. The predicted molar refractivity (Wildman–Crippen MR) is 75.1 cm³/mol. The van der Waals surface area contributed by atoms with Crippen molar-refractivity contribution in [1.82, 2.24) is 4.57 Å². The van der Waals surface area contributed by atoms with Gasteiger partial charge in [-0.15, -0.1) is 0 Å². The summed E-state index contributed by atoms with van der Waals surface area (Å²) < 4.78 is 7.38. The molecule has 0 fully saturated rings. The van der Waals surface area contributed by atoms with Crippen LogP contribution in [0.4, 0.5) is 4.79 Å². The summed E-state index contributed by atoms with van der Waals surface area (Å²) in [6, 6.07) is 9.83. The third-order valence-electron chi connectivity index (χ3n) is 2.62. The number of carbonyl (C=O) groups is 1. The highest BCUT2D eigenvalue weighted by atomic mass is 127. The average Bonchev–Trinajstić information content (AvgIpc) is 2.66. The summed E-state index contributed by atoms with van der Waals surface area (Å²) >= 11 is 2.22. The molecular weight excluding hydrogens is 329 g/mol. The van der Waals surface area contributed by atoms with Crippen molar-refractivity contribution in [2.75, 3.05) is 7.11 Å². The minimum Gasteiger partial charge on any atom is -0.452 e. The fourth-order valence-corrected chi connectivity index (χ4v) is 2.30. The molecule has 0 unspecified atom stereocenters. The van der Waals surface area contributed by atoms with Crippen LogP contribution in [0.25, 0.3) is 11.3 Å². The van der Waals surface area contributed by atoms with Crippen LogP contribution < -0.4 is 0 Å². The van der Waals surface area contributed by atoms with Gasteiger partial charge in [0.1, 0.15) is 0 Å². The van der Waals surface area contributed by atoms with Crippen molar-refractivity contribution in [2.45, 2.75) is 6.92 Å². The molecule has 88 valence electrons. The maximum absolute atomic E-state index is 11.7. The molecule has 0 amide bonds. The minimum absolute atomic E-state index is 0.366. The maximum atomic E-state index is 11.7. The van der Waals surface area contributed by atoms with E-state index in [1.807, 2.05) is 37.3 Å². The zero-order chi connectivity index (χ0) is 12.4. The van der Waals surface area contributed by atoms with Crippen LogP contribution in [0.3, 0.4) is 0 Å². The van der Waals surface area contributed by atoms with Crippen LogP contribution in [-0.2, 0) is 4.74 Å². The standard InChI is InChI=1S/C13H12INO2/c1-9-11(14)8-15(13(16)17-2)12(9)10-6-4-3-5-7-10/h3-8H,1-2H3. The monoisotopic (exact) mass is 341 g/mol. The van der Waals surface area contributed by atoms with Gasteiger partial charge in [-0.1, -0.05) is 30.3 Å². The van der Waals surface area contributed by atoms with Gasteiger partial charge in [0.15, 0.2) is 0 Å². The minimum atomic E-state index is -0.366. The first kappa shape index (κ1) is 12.2. The van der Waals surface area contributed by atoms with Gasteiger partial charge in [0.2, 0.25) is 0 Å². The summed E-state index contributed by atoms with van der Waals surface area (Å²) in [6.07, 6.45) is 1.43. The van der Waals surface area contributed by atoms with Gasteiger partial charge in [0.25, 0.3) is 0 Å². The Morgan fingerprint density at radius 2 is 1.94 bits per heavy atom. The van der Waals surface area contributed by atoms with Crippen LogP contribution in [-0.4, -0.2) is 17.8 Å². The SMILES string of the molecule is COC(=O)n1cc(I)c(C)c1-c1ccccc1. The summed E-state index contributed by atoms with van der Waals surface area (Å²) in [7, 11) is 1.39. The molecule has 17 heavy (non-hydrogen) atoms. The van der Waals surface area contributed by atoms with Crippen molar-refractivity contribution in [2.24, 2.45) is 0 Å². The first-order valence-corrected chi connectivity index (χ1v) is 6.24. The van der Waals surface area contributed by atoms with Gasteiger partial charge in [-0.3, -0.25) is 4.57 Å². The molecule has 3 nitrogen and oxygen atoms in total. The van der Waals surface area contributed by atoms with E-state index in [2.05, 4.69) is 22.6 Å². The number of rotatable bonds is 1. The predicted octanol–water partition coefficient (Wildman–Crippen LogP) is 3.68. The van der Waals surface area contributed by atoms with E-state index >= 15 is 0 Å². The Bertz CT molecular complexity index is 546. The molecule has 2 rings (SSSR count). The van der Waals surface area contributed by atoms with Gasteiger partial charge >= 0.3 is 6.09 Å². The van der Waals surface area contributed by atoms with E-state index in [1.165, 1.54) is 7.11 Å². The number of aromatic nitrogens is 1. The van der Waals surface area contributed by atoms with Gasteiger partial charge < -0.3 is 4.74 Å².